The summed E-state index contributed by atoms with van der Waals surface area (Å²) in [7, 11) is 0. The molecule has 0 radical (unpaired) electrons. The van der Waals surface area contributed by atoms with Crippen molar-refractivity contribution in [3.05, 3.63) is 40.8 Å². The smallest absolute Gasteiger partial charge is 0.225 e. The number of piperidine rings is 1. The summed E-state index contributed by atoms with van der Waals surface area (Å²) in [4.78, 5) is 27.5. The SMILES string of the molecule is Cc1nc(OCCCC2CCN(c3ncc(Cl)cn3)CC2)ccc1C(=O)CC(CO)CO. The summed E-state index contributed by atoms with van der Waals surface area (Å²) in [6.07, 6.45) is 7.59. The summed E-state index contributed by atoms with van der Waals surface area (Å²) < 4.78 is 5.79. The lowest BCUT2D eigenvalue weighted by Gasteiger charge is -2.31. The molecule has 0 amide bonds. The number of hydrogen-bond donors (Lipinski definition) is 2. The van der Waals surface area contributed by atoms with Crippen LogP contribution in [-0.4, -0.2) is 63.9 Å². The molecule has 174 valence electrons. The molecule has 2 aromatic heterocycles. The molecule has 2 N–H and O–H groups in total. The maximum Gasteiger partial charge on any atom is 0.225 e. The van der Waals surface area contributed by atoms with Crippen LogP contribution in [0.4, 0.5) is 5.95 Å². The zero-order valence-electron chi connectivity index (χ0n) is 18.4. The summed E-state index contributed by atoms with van der Waals surface area (Å²) in [6.45, 7) is 3.80. The highest BCUT2D eigenvalue weighted by Gasteiger charge is 2.21. The largest absolute Gasteiger partial charge is 0.478 e. The first-order chi connectivity index (χ1) is 15.5. The number of carbonyl (C=O) groups excluding carboxylic acids is 1. The molecular weight excluding hydrogens is 432 g/mol. The number of nitrogens with zero attached hydrogens (tertiary/aromatic N) is 4. The fourth-order valence-electron chi connectivity index (χ4n) is 3.91. The molecule has 8 nitrogen and oxygen atoms in total. The number of hydrogen-bond acceptors (Lipinski definition) is 8. The van der Waals surface area contributed by atoms with Gasteiger partial charge in [-0.1, -0.05) is 11.6 Å². The maximum atomic E-state index is 12.3. The molecular formula is C23H31ClN4O4. The number of halogens is 1. The topological polar surface area (TPSA) is 109 Å². The number of Topliss-reactive ketones (excluding diaryl/α,β-unsaturated/α-hetero) is 1. The molecule has 0 unspecified atom stereocenters. The molecule has 32 heavy (non-hydrogen) atoms. The van der Waals surface area contributed by atoms with Crippen molar-refractivity contribution in [3.8, 4) is 5.88 Å². The zero-order chi connectivity index (χ0) is 22.9. The van der Waals surface area contributed by atoms with Crippen molar-refractivity contribution < 1.29 is 19.7 Å². The van der Waals surface area contributed by atoms with Gasteiger partial charge >= 0.3 is 0 Å². The lowest BCUT2D eigenvalue weighted by Crippen LogP contribution is -2.34. The molecule has 0 atom stereocenters. The van der Waals surface area contributed by atoms with Gasteiger partial charge in [0, 0.05) is 50.3 Å². The van der Waals surface area contributed by atoms with Gasteiger partial charge in [-0.25, -0.2) is 15.0 Å². The standard InChI is InChI=1S/C23H31ClN4O4/c1-16-20(21(31)11-18(14-29)15-30)4-5-22(27-16)32-10-2-3-17-6-8-28(9-7-17)23-25-12-19(24)13-26-23/h4-5,12-13,17-18,29-30H,2-3,6-11,14-15H2,1H3. The Hall–Kier alpha value is -2.29. The van der Waals surface area contributed by atoms with Gasteiger partial charge in [0.05, 0.1) is 29.7 Å². The summed E-state index contributed by atoms with van der Waals surface area (Å²) in [5, 5.41) is 18.9. The van der Waals surface area contributed by atoms with E-state index in [4.69, 9.17) is 26.6 Å². The maximum absolute atomic E-state index is 12.3. The number of aryl methyl sites for hydroxylation is 1. The zero-order valence-corrected chi connectivity index (χ0v) is 19.2. The van der Waals surface area contributed by atoms with Gasteiger partial charge in [-0.15, -0.1) is 0 Å². The van der Waals surface area contributed by atoms with Crippen molar-refractivity contribution in [1.29, 1.82) is 0 Å². The second-order valence-corrected chi connectivity index (χ2v) is 8.70. The molecule has 0 bridgehead atoms. The minimum atomic E-state index is -0.441. The van der Waals surface area contributed by atoms with E-state index >= 15 is 0 Å². The van der Waals surface area contributed by atoms with Crippen LogP contribution in [0.3, 0.4) is 0 Å². The first-order valence-corrected chi connectivity index (χ1v) is 11.5. The Morgan fingerprint density at radius 3 is 2.53 bits per heavy atom. The number of ether oxygens (including phenoxy) is 1. The summed E-state index contributed by atoms with van der Waals surface area (Å²) in [6, 6.07) is 3.41. The van der Waals surface area contributed by atoms with E-state index in [0.29, 0.717) is 34.7 Å². The first kappa shape index (κ1) is 24.4. The number of aliphatic hydroxyl groups excluding tert-OH is 2. The number of anilines is 1. The highest BCUT2D eigenvalue weighted by Crippen LogP contribution is 2.25. The van der Waals surface area contributed by atoms with Gasteiger partial charge in [-0.2, -0.15) is 0 Å². The van der Waals surface area contributed by atoms with Gasteiger partial charge < -0.3 is 19.8 Å². The average Bonchev–Trinajstić information content (AvgIpc) is 2.81. The van der Waals surface area contributed by atoms with Crippen LogP contribution in [-0.2, 0) is 0 Å². The Labute approximate surface area is 193 Å². The van der Waals surface area contributed by atoms with E-state index in [1.54, 1.807) is 31.5 Å². The molecule has 2 aromatic rings. The summed E-state index contributed by atoms with van der Waals surface area (Å²) in [5.41, 5.74) is 1.10. The second kappa shape index (κ2) is 12.1. The molecule has 0 aromatic carbocycles. The average molecular weight is 463 g/mol. The van der Waals surface area contributed by atoms with E-state index in [1.807, 2.05) is 0 Å². The molecule has 0 spiro atoms. The van der Waals surface area contributed by atoms with Crippen LogP contribution >= 0.6 is 11.6 Å². The molecule has 3 rings (SSSR count). The number of pyridine rings is 1. The lowest BCUT2D eigenvalue weighted by atomic mass is 9.92. The number of aliphatic hydroxyl groups is 2. The minimum Gasteiger partial charge on any atom is -0.478 e. The Balaban J connectivity index is 1.38. The van der Waals surface area contributed by atoms with Crippen molar-refractivity contribution in [2.24, 2.45) is 11.8 Å². The van der Waals surface area contributed by atoms with E-state index in [-0.39, 0.29) is 25.4 Å². The van der Waals surface area contributed by atoms with Crippen LogP contribution in [0.1, 0.15) is 48.2 Å². The number of ketones is 1. The van der Waals surface area contributed by atoms with Gasteiger partial charge in [0.15, 0.2) is 5.78 Å². The van der Waals surface area contributed by atoms with Gasteiger partial charge in [0.2, 0.25) is 11.8 Å². The van der Waals surface area contributed by atoms with E-state index < -0.39 is 5.92 Å². The third-order valence-corrected chi connectivity index (χ3v) is 6.06. The molecule has 1 saturated heterocycles. The van der Waals surface area contributed by atoms with Gasteiger partial charge in [-0.05, 0) is 44.6 Å². The van der Waals surface area contributed by atoms with Crippen LogP contribution in [0.25, 0.3) is 0 Å². The van der Waals surface area contributed by atoms with Gasteiger partial charge in [0.1, 0.15) is 0 Å². The number of carbonyl (C=O) groups is 1. The fraction of sp³-hybridized carbons (Fsp3) is 0.565. The highest BCUT2D eigenvalue weighted by molar-refractivity contribution is 6.30. The van der Waals surface area contributed by atoms with Gasteiger partial charge in [0.25, 0.3) is 0 Å². The predicted octanol–water partition coefficient (Wildman–Crippen LogP) is 3.08. The monoisotopic (exact) mass is 462 g/mol. The van der Waals surface area contributed by atoms with Gasteiger partial charge in [-0.3, -0.25) is 4.79 Å². The molecule has 1 aliphatic rings. The predicted molar refractivity (Wildman–Crippen MR) is 122 cm³/mol. The third-order valence-electron chi connectivity index (χ3n) is 5.86. The molecule has 3 heterocycles. The lowest BCUT2D eigenvalue weighted by molar-refractivity contribution is 0.0878. The molecule has 1 aliphatic heterocycles. The van der Waals surface area contributed by atoms with Crippen LogP contribution < -0.4 is 9.64 Å². The van der Waals surface area contributed by atoms with Crippen LogP contribution in [0.2, 0.25) is 5.02 Å². The van der Waals surface area contributed by atoms with E-state index in [0.717, 1.165) is 44.7 Å². The second-order valence-electron chi connectivity index (χ2n) is 8.26. The Morgan fingerprint density at radius 2 is 1.91 bits per heavy atom. The first-order valence-electron chi connectivity index (χ1n) is 11.1. The summed E-state index contributed by atoms with van der Waals surface area (Å²) >= 11 is 5.86. The minimum absolute atomic E-state index is 0.0959. The Kier molecular flexibility index (Phi) is 9.20. The third kappa shape index (κ3) is 6.85. The normalized spacial score (nSPS) is 14.7. The molecule has 0 aliphatic carbocycles. The van der Waals surface area contributed by atoms with Crippen LogP contribution in [0.5, 0.6) is 5.88 Å². The van der Waals surface area contributed by atoms with Crippen LogP contribution in [0.15, 0.2) is 24.5 Å². The van der Waals surface area contributed by atoms with Crippen molar-refractivity contribution in [1.82, 2.24) is 15.0 Å². The molecule has 0 saturated carbocycles. The number of rotatable bonds is 11. The van der Waals surface area contributed by atoms with Crippen LogP contribution in [0, 0.1) is 18.8 Å². The molecule has 1 fully saturated rings. The Morgan fingerprint density at radius 1 is 1.22 bits per heavy atom. The summed E-state index contributed by atoms with van der Waals surface area (Å²) in [5.74, 6) is 1.33. The van der Waals surface area contributed by atoms with Crippen molar-refractivity contribution >= 4 is 23.3 Å². The highest BCUT2D eigenvalue weighted by atomic mass is 35.5. The quantitative estimate of drug-likeness (QED) is 0.387. The van der Waals surface area contributed by atoms with E-state index in [2.05, 4.69) is 19.9 Å². The number of aromatic nitrogens is 3. The van der Waals surface area contributed by atoms with Crippen molar-refractivity contribution in [3.63, 3.8) is 0 Å². The van der Waals surface area contributed by atoms with E-state index in [1.165, 1.54) is 0 Å². The molecule has 9 heteroatoms. The van der Waals surface area contributed by atoms with E-state index in [9.17, 15) is 4.79 Å². The Bertz CT molecular complexity index is 869. The van der Waals surface area contributed by atoms with Crippen molar-refractivity contribution in [2.75, 3.05) is 37.8 Å². The van der Waals surface area contributed by atoms with Crippen molar-refractivity contribution in [2.45, 2.75) is 39.0 Å². The fourth-order valence-corrected chi connectivity index (χ4v) is 4.01.